The van der Waals surface area contributed by atoms with Gasteiger partial charge in [0.15, 0.2) is 0 Å². The number of hydrogen-bond acceptors (Lipinski definition) is 3. The second-order valence-corrected chi connectivity index (χ2v) is 6.66. The highest BCUT2D eigenvalue weighted by molar-refractivity contribution is 8.00. The topological polar surface area (TPSA) is 15.3 Å². The highest BCUT2D eigenvalue weighted by Gasteiger charge is 2.16. The van der Waals surface area contributed by atoms with Crippen molar-refractivity contribution in [2.45, 2.75) is 31.1 Å². The van der Waals surface area contributed by atoms with E-state index >= 15 is 0 Å². The zero-order chi connectivity index (χ0) is 13.0. The maximum Gasteiger partial charge on any atom is 0.0361 e. The van der Waals surface area contributed by atoms with Crippen LogP contribution in [0.3, 0.4) is 0 Å². The molecular formula is C15H24N2S. The van der Waals surface area contributed by atoms with Crippen molar-refractivity contribution in [3.05, 3.63) is 29.8 Å². The van der Waals surface area contributed by atoms with Crippen molar-refractivity contribution < 1.29 is 0 Å². The minimum absolute atomic E-state index is 0.447. The van der Waals surface area contributed by atoms with Crippen LogP contribution in [0.25, 0.3) is 0 Å². The van der Waals surface area contributed by atoms with E-state index in [1.54, 1.807) is 0 Å². The summed E-state index contributed by atoms with van der Waals surface area (Å²) in [6.45, 7) is 3.39. The van der Waals surface area contributed by atoms with Gasteiger partial charge in [0.2, 0.25) is 0 Å². The molecule has 2 nitrogen and oxygen atoms in total. The Balaban J connectivity index is 1.85. The summed E-state index contributed by atoms with van der Waals surface area (Å²) in [4.78, 5) is 2.14. The smallest absolute Gasteiger partial charge is 0.0361 e. The van der Waals surface area contributed by atoms with Gasteiger partial charge in [0.1, 0.15) is 0 Å². The number of nitrogens with zero attached hydrogens (tertiary/aromatic N) is 1. The van der Waals surface area contributed by atoms with E-state index in [0.29, 0.717) is 6.04 Å². The molecule has 0 aliphatic carbocycles. The lowest BCUT2D eigenvalue weighted by Gasteiger charge is -2.18. The average molecular weight is 264 g/mol. The molecule has 1 heterocycles. The van der Waals surface area contributed by atoms with Crippen LogP contribution in [-0.2, 0) is 0 Å². The summed E-state index contributed by atoms with van der Waals surface area (Å²) in [5, 5.41) is 4.48. The molecule has 0 radical (unpaired) electrons. The Morgan fingerprint density at radius 2 is 2.06 bits per heavy atom. The molecule has 0 amide bonds. The van der Waals surface area contributed by atoms with E-state index in [0.717, 1.165) is 11.8 Å². The van der Waals surface area contributed by atoms with E-state index in [4.69, 9.17) is 0 Å². The Morgan fingerprint density at radius 1 is 1.33 bits per heavy atom. The minimum Gasteiger partial charge on any atom is -0.378 e. The molecule has 1 aliphatic heterocycles. The average Bonchev–Trinajstić information content (AvgIpc) is 2.89. The van der Waals surface area contributed by atoms with Crippen LogP contribution < -0.4 is 10.2 Å². The summed E-state index contributed by atoms with van der Waals surface area (Å²) >= 11 is 2.12. The highest BCUT2D eigenvalue weighted by Crippen LogP contribution is 2.26. The third-order valence-electron chi connectivity index (χ3n) is 3.59. The summed E-state index contributed by atoms with van der Waals surface area (Å²) in [5.74, 6) is 1.35. The van der Waals surface area contributed by atoms with Crippen LogP contribution in [0, 0.1) is 0 Å². The molecule has 1 aromatic carbocycles. The molecule has 0 bridgehead atoms. The largest absolute Gasteiger partial charge is 0.378 e. The maximum absolute atomic E-state index is 3.66. The van der Waals surface area contributed by atoms with Gasteiger partial charge in [-0.2, -0.15) is 11.8 Å². The molecule has 1 fully saturated rings. The fourth-order valence-electron chi connectivity index (χ4n) is 2.29. The van der Waals surface area contributed by atoms with Gasteiger partial charge >= 0.3 is 0 Å². The van der Waals surface area contributed by atoms with Crippen LogP contribution in [0.5, 0.6) is 0 Å². The van der Waals surface area contributed by atoms with Crippen LogP contribution in [0.15, 0.2) is 24.3 Å². The van der Waals surface area contributed by atoms with Gasteiger partial charge in [0, 0.05) is 37.6 Å². The Morgan fingerprint density at radius 3 is 2.61 bits per heavy atom. The number of hydrogen-bond donors (Lipinski definition) is 1. The molecule has 3 heteroatoms. The zero-order valence-corrected chi connectivity index (χ0v) is 12.5. The lowest BCUT2D eigenvalue weighted by molar-refractivity contribution is 0.559. The fraction of sp³-hybridized carbons (Fsp3) is 0.600. The standard InChI is InChI=1S/C15H24N2S/c1-12(16-11-15-5-4-10-18-15)13-6-8-14(9-7-13)17(2)3/h6-9,12,15-16H,4-5,10-11H2,1-3H3. The summed E-state index contributed by atoms with van der Waals surface area (Å²) < 4.78 is 0. The highest BCUT2D eigenvalue weighted by atomic mass is 32.2. The van der Waals surface area contributed by atoms with Crippen LogP contribution in [0.4, 0.5) is 5.69 Å². The van der Waals surface area contributed by atoms with E-state index < -0.39 is 0 Å². The monoisotopic (exact) mass is 264 g/mol. The van der Waals surface area contributed by atoms with E-state index in [1.807, 2.05) is 0 Å². The molecule has 0 saturated carbocycles. The molecule has 0 aromatic heterocycles. The fourth-order valence-corrected chi connectivity index (χ4v) is 3.51. The third-order valence-corrected chi connectivity index (χ3v) is 4.98. The van der Waals surface area contributed by atoms with Gasteiger partial charge in [-0.05, 0) is 43.2 Å². The van der Waals surface area contributed by atoms with E-state index in [2.05, 4.69) is 67.3 Å². The first-order chi connectivity index (χ1) is 8.66. The molecular weight excluding hydrogens is 240 g/mol. The van der Waals surface area contributed by atoms with Crippen LogP contribution >= 0.6 is 11.8 Å². The molecule has 1 aliphatic rings. The van der Waals surface area contributed by atoms with Crippen molar-refractivity contribution in [1.82, 2.24) is 5.32 Å². The molecule has 1 saturated heterocycles. The van der Waals surface area contributed by atoms with Gasteiger partial charge in [-0.1, -0.05) is 12.1 Å². The summed E-state index contributed by atoms with van der Waals surface area (Å²) in [5.41, 5.74) is 2.64. The normalized spacial score (nSPS) is 20.9. The van der Waals surface area contributed by atoms with E-state index in [1.165, 1.54) is 29.8 Å². The lowest BCUT2D eigenvalue weighted by Crippen LogP contribution is -2.26. The second kappa shape index (κ2) is 6.48. The third kappa shape index (κ3) is 3.66. The Kier molecular flexibility index (Phi) is 4.95. The van der Waals surface area contributed by atoms with Crippen molar-refractivity contribution in [3.8, 4) is 0 Å². The lowest BCUT2D eigenvalue weighted by atomic mass is 10.1. The predicted molar refractivity (Wildman–Crippen MR) is 82.7 cm³/mol. The van der Waals surface area contributed by atoms with Crippen molar-refractivity contribution >= 4 is 17.4 Å². The van der Waals surface area contributed by atoms with Gasteiger partial charge in [-0.3, -0.25) is 0 Å². The molecule has 2 atom stereocenters. The Bertz CT molecular complexity index is 355. The van der Waals surface area contributed by atoms with Gasteiger partial charge in [-0.15, -0.1) is 0 Å². The Hall–Kier alpha value is -0.670. The first-order valence-corrected chi connectivity index (χ1v) is 7.84. The molecule has 1 aromatic rings. The van der Waals surface area contributed by atoms with Gasteiger partial charge in [0.05, 0.1) is 0 Å². The quantitative estimate of drug-likeness (QED) is 0.878. The first kappa shape index (κ1) is 13.8. The number of anilines is 1. The molecule has 0 spiro atoms. The second-order valence-electron chi connectivity index (χ2n) is 5.25. The Labute approximate surface area is 115 Å². The molecule has 18 heavy (non-hydrogen) atoms. The van der Waals surface area contributed by atoms with E-state index in [9.17, 15) is 0 Å². The number of rotatable bonds is 5. The summed E-state index contributed by atoms with van der Waals surface area (Å²) in [6.07, 6.45) is 2.77. The first-order valence-electron chi connectivity index (χ1n) is 6.79. The van der Waals surface area contributed by atoms with Crippen LogP contribution in [0.1, 0.15) is 31.4 Å². The number of thioether (sulfide) groups is 1. The van der Waals surface area contributed by atoms with Crippen molar-refractivity contribution in [2.75, 3.05) is 31.3 Å². The molecule has 2 unspecified atom stereocenters. The van der Waals surface area contributed by atoms with Crippen molar-refractivity contribution in [3.63, 3.8) is 0 Å². The van der Waals surface area contributed by atoms with Crippen LogP contribution in [-0.4, -0.2) is 31.6 Å². The van der Waals surface area contributed by atoms with Crippen LogP contribution in [0.2, 0.25) is 0 Å². The van der Waals surface area contributed by atoms with Gasteiger partial charge < -0.3 is 10.2 Å². The van der Waals surface area contributed by atoms with Gasteiger partial charge in [0.25, 0.3) is 0 Å². The molecule has 100 valence electrons. The predicted octanol–water partition coefficient (Wildman–Crippen LogP) is 3.30. The molecule has 2 rings (SSSR count). The zero-order valence-electron chi connectivity index (χ0n) is 11.6. The van der Waals surface area contributed by atoms with Crippen molar-refractivity contribution in [2.24, 2.45) is 0 Å². The number of benzene rings is 1. The summed E-state index contributed by atoms with van der Waals surface area (Å²) in [6, 6.07) is 9.29. The minimum atomic E-state index is 0.447. The molecule has 1 N–H and O–H groups in total. The maximum atomic E-state index is 3.66. The van der Waals surface area contributed by atoms with Crippen molar-refractivity contribution in [1.29, 1.82) is 0 Å². The number of nitrogens with one attached hydrogen (secondary N) is 1. The van der Waals surface area contributed by atoms with E-state index in [-0.39, 0.29) is 0 Å². The summed E-state index contributed by atoms with van der Waals surface area (Å²) in [7, 11) is 4.15. The SMILES string of the molecule is CC(NCC1CCCS1)c1ccc(N(C)C)cc1. The van der Waals surface area contributed by atoms with Gasteiger partial charge in [-0.25, -0.2) is 0 Å².